The van der Waals surface area contributed by atoms with Crippen LogP contribution in [0, 0.1) is 19.8 Å². The van der Waals surface area contributed by atoms with Crippen molar-refractivity contribution in [2.24, 2.45) is 5.92 Å². The van der Waals surface area contributed by atoms with Crippen molar-refractivity contribution in [3.8, 4) is 0 Å². The minimum Gasteiger partial charge on any atom is -0.299 e. The van der Waals surface area contributed by atoms with Gasteiger partial charge < -0.3 is 0 Å². The van der Waals surface area contributed by atoms with E-state index in [2.05, 4.69) is 52.9 Å². The molecular formula is C16H24BrN. The molecule has 1 fully saturated rings. The summed E-state index contributed by atoms with van der Waals surface area (Å²) in [5.41, 5.74) is 4.25. The average molecular weight is 310 g/mol. The van der Waals surface area contributed by atoms with E-state index in [1.165, 1.54) is 49.0 Å². The van der Waals surface area contributed by atoms with E-state index in [1.54, 1.807) is 0 Å². The van der Waals surface area contributed by atoms with Crippen LogP contribution in [0.5, 0.6) is 0 Å². The predicted octanol–water partition coefficient (Wildman–Crippen LogP) is 4.30. The molecule has 0 N–H and O–H groups in total. The van der Waals surface area contributed by atoms with E-state index in [1.807, 2.05) is 0 Å². The fourth-order valence-corrected chi connectivity index (χ4v) is 3.75. The molecule has 1 heterocycles. The summed E-state index contributed by atoms with van der Waals surface area (Å²) in [6, 6.07) is 6.93. The van der Waals surface area contributed by atoms with E-state index < -0.39 is 0 Å². The van der Waals surface area contributed by atoms with Gasteiger partial charge in [-0.2, -0.15) is 0 Å². The molecule has 1 unspecified atom stereocenters. The van der Waals surface area contributed by atoms with Crippen molar-refractivity contribution >= 4 is 15.9 Å². The Morgan fingerprint density at radius 3 is 2.61 bits per heavy atom. The minimum absolute atomic E-state index is 0.893. The number of rotatable bonds is 4. The van der Waals surface area contributed by atoms with Gasteiger partial charge in [-0.1, -0.05) is 45.3 Å². The molecule has 100 valence electrons. The Kier molecular flexibility index (Phi) is 5.25. The molecule has 1 aliphatic rings. The lowest BCUT2D eigenvalue weighted by molar-refractivity contribution is 0.165. The second kappa shape index (κ2) is 6.72. The smallest absolute Gasteiger partial charge is 0.0234 e. The number of nitrogens with zero attached hydrogens (tertiary/aromatic N) is 1. The lowest BCUT2D eigenvalue weighted by Gasteiger charge is -2.32. The summed E-state index contributed by atoms with van der Waals surface area (Å²) in [6.45, 7) is 8.06. The quantitative estimate of drug-likeness (QED) is 0.750. The highest BCUT2D eigenvalue weighted by molar-refractivity contribution is 9.09. The molecule has 2 heteroatoms. The highest BCUT2D eigenvalue weighted by Gasteiger charge is 2.19. The topological polar surface area (TPSA) is 3.24 Å². The summed E-state index contributed by atoms with van der Waals surface area (Å²) in [6.07, 6.45) is 4.10. The molecule has 18 heavy (non-hydrogen) atoms. The number of alkyl halides is 1. The number of halogens is 1. The van der Waals surface area contributed by atoms with Crippen LogP contribution in [-0.2, 0) is 6.54 Å². The molecule has 0 radical (unpaired) electrons. The third kappa shape index (κ3) is 4.10. The second-order valence-electron chi connectivity index (χ2n) is 5.72. The molecule has 1 aliphatic heterocycles. The number of likely N-dealkylation sites (tertiary alicyclic amines) is 1. The predicted molar refractivity (Wildman–Crippen MR) is 82.3 cm³/mol. The standard InChI is InChI=1S/C16H24BrN/c1-13-8-14(2)10-16(9-13)12-18-7-3-4-15(11-18)5-6-17/h8-10,15H,3-7,11-12H2,1-2H3. The Hall–Kier alpha value is -0.340. The molecular weight excluding hydrogens is 286 g/mol. The summed E-state index contributed by atoms with van der Waals surface area (Å²) in [7, 11) is 0. The van der Waals surface area contributed by atoms with E-state index >= 15 is 0 Å². The molecule has 0 aliphatic carbocycles. The van der Waals surface area contributed by atoms with Crippen molar-refractivity contribution in [3.63, 3.8) is 0 Å². The van der Waals surface area contributed by atoms with Crippen LogP contribution < -0.4 is 0 Å². The Balaban J connectivity index is 1.95. The molecule has 1 atom stereocenters. The molecule has 0 amide bonds. The first-order chi connectivity index (χ1) is 8.67. The first-order valence-electron chi connectivity index (χ1n) is 7.03. The maximum Gasteiger partial charge on any atom is 0.0234 e. The van der Waals surface area contributed by atoms with Gasteiger partial charge >= 0.3 is 0 Å². The van der Waals surface area contributed by atoms with Crippen LogP contribution in [0.3, 0.4) is 0 Å². The fourth-order valence-electron chi connectivity index (χ4n) is 3.10. The maximum absolute atomic E-state index is 3.57. The molecule has 0 saturated carbocycles. The third-order valence-corrected chi connectivity index (χ3v) is 4.27. The van der Waals surface area contributed by atoms with Crippen LogP contribution in [0.2, 0.25) is 0 Å². The maximum atomic E-state index is 3.57. The Morgan fingerprint density at radius 2 is 1.94 bits per heavy atom. The molecule has 0 aromatic heterocycles. The van der Waals surface area contributed by atoms with Crippen LogP contribution in [-0.4, -0.2) is 23.3 Å². The Labute approximate surface area is 120 Å². The van der Waals surface area contributed by atoms with Gasteiger partial charge in [-0.15, -0.1) is 0 Å². The van der Waals surface area contributed by atoms with Crippen molar-refractivity contribution < 1.29 is 0 Å². The molecule has 0 spiro atoms. The summed E-state index contributed by atoms with van der Waals surface area (Å²) in [4.78, 5) is 2.63. The molecule has 0 bridgehead atoms. The molecule has 1 aromatic carbocycles. The molecule has 1 saturated heterocycles. The number of aryl methyl sites for hydroxylation is 2. The molecule has 1 aromatic rings. The number of hydrogen-bond acceptors (Lipinski definition) is 1. The van der Waals surface area contributed by atoms with Gasteiger partial charge in [-0.05, 0) is 51.1 Å². The van der Waals surface area contributed by atoms with E-state index in [-0.39, 0.29) is 0 Å². The van der Waals surface area contributed by atoms with Crippen molar-refractivity contribution in [1.29, 1.82) is 0 Å². The van der Waals surface area contributed by atoms with E-state index in [4.69, 9.17) is 0 Å². The summed E-state index contributed by atoms with van der Waals surface area (Å²) in [5, 5.41) is 1.15. The summed E-state index contributed by atoms with van der Waals surface area (Å²) >= 11 is 3.57. The van der Waals surface area contributed by atoms with Gasteiger partial charge in [0.2, 0.25) is 0 Å². The minimum atomic E-state index is 0.893. The van der Waals surface area contributed by atoms with Gasteiger partial charge in [-0.25, -0.2) is 0 Å². The normalized spacial score (nSPS) is 21.2. The van der Waals surface area contributed by atoms with Crippen molar-refractivity contribution in [2.75, 3.05) is 18.4 Å². The van der Waals surface area contributed by atoms with Crippen LogP contribution in [0.15, 0.2) is 18.2 Å². The lowest BCUT2D eigenvalue weighted by atomic mass is 9.95. The van der Waals surface area contributed by atoms with Crippen molar-refractivity contribution in [3.05, 3.63) is 34.9 Å². The van der Waals surface area contributed by atoms with Crippen molar-refractivity contribution in [2.45, 2.75) is 39.7 Å². The van der Waals surface area contributed by atoms with Crippen LogP contribution in [0.25, 0.3) is 0 Å². The van der Waals surface area contributed by atoms with Gasteiger partial charge in [0.1, 0.15) is 0 Å². The zero-order valence-electron chi connectivity index (χ0n) is 11.6. The zero-order chi connectivity index (χ0) is 13.0. The largest absolute Gasteiger partial charge is 0.299 e. The molecule has 2 rings (SSSR count). The first-order valence-corrected chi connectivity index (χ1v) is 8.15. The average Bonchev–Trinajstić information content (AvgIpc) is 2.28. The van der Waals surface area contributed by atoms with Gasteiger partial charge in [-0.3, -0.25) is 4.90 Å². The Bertz CT molecular complexity index is 366. The van der Waals surface area contributed by atoms with Gasteiger partial charge in [0, 0.05) is 18.4 Å². The number of piperidine rings is 1. The van der Waals surface area contributed by atoms with Gasteiger partial charge in [0.15, 0.2) is 0 Å². The first kappa shape index (κ1) is 14.1. The van der Waals surface area contributed by atoms with Gasteiger partial charge in [0.05, 0.1) is 0 Å². The van der Waals surface area contributed by atoms with Crippen molar-refractivity contribution in [1.82, 2.24) is 4.90 Å². The fraction of sp³-hybridized carbons (Fsp3) is 0.625. The van der Waals surface area contributed by atoms with Gasteiger partial charge in [0.25, 0.3) is 0 Å². The summed E-state index contributed by atoms with van der Waals surface area (Å²) in [5.74, 6) is 0.893. The van der Waals surface area contributed by atoms with Crippen LogP contribution in [0.4, 0.5) is 0 Å². The highest BCUT2D eigenvalue weighted by Crippen LogP contribution is 2.22. The summed E-state index contributed by atoms with van der Waals surface area (Å²) < 4.78 is 0. The van der Waals surface area contributed by atoms with E-state index in [9.17, 15) is 0 Å². The number of hydrogen-bond donors (Lipinski definition) is 0. The monoisotopic (exact) mass is 309 g/mol. The highest BCUT2D eigenvalue weighted by atomic mass is 79.9. The third-order valence-electron chi connectivity index (χ3n) is 3.81. The zero-order valence-corrected chi connectivity index (χ0v) is 13.2. The van der Waals surface area contributed by atoms with E-state index in [0.29, 0.717) is 0 Å². The van der Waals surface area contributed by atoms with Crippen LogP contribution in [0.1, 0.15) is 36.0 Å². The lowest BCUT2D eigenvalue weighted by Crippen LogP contribution is -2.35. The van der Waals surface area contributed by atoms with E-state index in [0.717, 1.165) is 17.8 Å². The SMILES string of the molecule is Cc1cc(C)cc(CN2CCCC(CCBr)C2)c1. The Morgan fingerprint density at radius 1 is 1.22 bits per heavy atom. The van der Waals surface area contributed by atoms with Crippen LogP contribution >= 0.6 is 15.9 Å². The number of benzene rings is 1. The second-order valence-corrected chi connectivity index (χ2v) is 6.51. The molecule has 1 nitrogen and oxygen atoms in total.